The standard InChI is InChI=1S/C22H28N2O3/c1-16-9-10-20(15-17(16)2)23-22(26)12-14-24(18(3)25)13-11-19-7-5-6-8-21(19)27-4/h5-10,15H,11-14H2,1-4H3,(H,23,26). The van der Waals surface area contributed by atoms with Crippen molar-refractivity contribution in [3.63, 3.8) is 0 Å². The summed E-state index contributed by atoms with van der Waals surface area (Å²) in [5.41, 5.74) is 4.15. The first kappa shape index (κ1) is 20.5. The molecule has 0 aliphatic carbocycles. The first-order valence-corrected chi connectivity index (χ1v) is 9.15. The average molecular weight is 368 g/mol. The van der Waals surface area contributed by atoms with E-state index in [-0.39, 0.29) is 18.2 Å². The summed E-state index contributed by atoms with van der Waals surface area (Å²) in [4.78, 5) is 25.9. The maximum Gasteiger partial charge on any atom is 0.226 e. The Kier molecular flexibility index (Phi) is 7.41. The summed E-state index contributed by atoms with van der Waals surface area (Å²) in [6.07, 6.45) is 0.945. The third-order valence-electron chi connectivity index (χ3n) is 4.69. The molecule has 2 amide bonds. The fourth-order valence-corrected chi connectivity index (χ4v) is 2.87. The van der Waals surface area contributed by atoms with Crippen LogP contribution >= 0.6 is 0 Å². The number of rotatable bonds is 8. The van der Waals surface area contributed by atoms with E-state index in [1.807, 2.05) is 56.3 Å². The summed E-state index contributed by atoms with van der Waals surface area (Å²) >= 11 is 0. The second-order valence-corrected chi connectivity index (χ2v) is 6.67. The fraction of sp³-hybridized carbons (Fsp3) is 0.364. The summed E-state index contributed by atoms with van der Waals surface area (Å²) in [5, 5.41) is 2.90. The Bertz CT molecular complexity index is 802. The van der Waals surface area contributed by atoms with Crippen molar-refractivity contribution < 1.29 is 14.3 Å². The minimum atomic E-state index is -0.0956. The molecule has 0 bridgehead atoms. The molecule has 2 rings (SSSR count). The van der Waals surface area contributed by atoms with Crippen molar-refractivity contribution in [1.29, 1.82) is 0 Å². The predicted molar refractivity (Wildman–Crippen MR) is 108 cm³/mol. The molecule has 2 aromatic carbocycles. The van der Waals surface area contributed by atoms with Gasteiger partial charge >= 0.3 is 0 Å². The minimum Gasteiger partial charge on any atom is -0.496 e. The molecule has 0 spiro atoms. The summed E-state index contributed by atoms with van der Waals surface area (Å²) < 4.78 is 5.35. The Morgan fingerprint density at radius 3 is 2.44 bits per heavy atom. The van der Waals surface area contributed by atoms with Crippen LogP contribution in [0.15, 0.2) is 42.5 Å². The van der Waals surface area contributed by atoms with Gasteiger partial charge in [0.15, 0.2) is 0 Å². The van der Waals surface area contributed by atoms with Gasteiger partial charge in [-0.1, -0.05) is 24.3 Å². The van der Waals surface area contributed by atoms with Crippen LogP contribution in [0.25, 0.3) is 0 Å². The van der Waals surface area contributed by atoms with Gasteiger partial charge in [-0.3, -0.25) is 9.59 Å². The number of hydrogen-bond acceptors (Lipinski definition) is 3. The zero-order valence-electron chi connectivity index (χ0n) is 16.5. The molecule has 144 valence electrons. The summed E-state index contributed by atoms with van der Waals surface area (Å²) in [7, 11) is 1.64. The predicted octanol–water partition coefficient (Wildman–Crippen LogP) is 3.73. The lowest BCUT2D eigenvalue weighted by molar-refractivity contribution is -0.129. The maximum atomic E-state index is 12.2. The summed E-state index contributed by atoms with van der Waals surface area (Å²) in [6.45, 7) is 6.52. The Morgan fingerprint density at radius 1 is 1.04 bits per heavy atom. The van der Waals surface area contributed by atoms with Gasteiger partial charge in [0, 0.05) is 32.1 Å². The second-order valence-electron chi connectivity index (χ2n) is 6.67. The molecule has 0 saturated heterocycles. The molecule has 0 heterocycles. The van der Waals surface area contributed by atoms with Gasteiger partial charge in [-0.2, -0.15) is 0 Å². The molecular weight excluding hydrogens is 340 g/mol. The van der Waals surface area contributed by atoms with Gasteiger partial charge < -0.3 is 15.0 Å². The van der Waals surface area contributed by atoms with E-state index >= 15 is 0 Å². The second kappa shape index (κ2) is 9.76. The number of hydrogen-bond donors (Lipinski definition) is 1. The number of methoxy groups -OCH3 is 1. The molecule has 0 unspecified atom stereocenters. The number of nitrogens with zero attached hydrogens (tertiary/aromatic N) is 1. The molecule has 0 aliphatic rings. The summed E-state index contributed by atoms with van der Waals surface area (Å²) in [5.74, 6) is 0.680. The number of para-hydroxylation sites is 1. The Balaban J connectivity index is 1.89. The SMILES string of the molecule is COc1ccccc1CCN(CCC(=O)Nc1ccc(C)c(C)c1)C(C)=O. The van der Waals surface area contributed by atoms with Crippen molar-refractivity contribution in [2.45, 2.75) is 33.6 Å². The van der Waals surface area contributed by atoms with Gasteiger partial charge in [0.05, 0.1) is 7.11 Å². The highest BCUT2D eigenvalue weighted by Crippen LogP contribution is 2.18. The van der Waals surface area contributed by atoms with Gasteiger partial charge in [0.2, 0.25) is 11.8 Å². The number of ether oxygens (including phenoxy) is 1. The third-order valence-corrected chi connectivity index (χ3v) is 4.69. The highest BCUT2D eigenvalue weighted by Gasteiger charge is 2.13. The van der Waals surface area contributed by atoms with Crippen molar-refractivity contribution in [1.82, 2.24) is 4.90 Å². The quantitative estimate of drug-likeness (QED) is 0.772. The van der Waals surface area contributed by atoms with Crippen LogP contribution in [0, 0.1) is 13.8 Å². The number of anilines is 1. The molecule has 2 aromatic rings. The molecule has 27 heavy (non-hydrogen) atoms. The zero-order valence-corrected chi connectivity index (χ0v) is 16.5. The van der Waals surface area contributed by atoms with Crippen LogP contribution in [0.2, 0.25) is 0 Å². The van der Waals surface area contributed by atoms with E-state index in [4.69, 9.17) is 4.74 Å². The monoisotopic (exact) mass is 368 g/mol. The Labute approximate surface area is 161 Å². The van der Waals surface area contributed by atoms with E-state index in [1.165, 1.54) is 12.5 Å². The number of carbonyl (C=O) groups excluding carboxylic acids is 2. The Morgan fingerprint density at radius 2 is 1.78 bits per heavy atom. The highest BCUT2D eigenvalue weighted by molar-refractivity contribution is 5.91. The van der Waals surface area contributed by atoms with Crippen LogP contribution in [0.3, 0.4) is 0 Å². The molecule has 5 nitrogen and oxygen atoms in total. The number of nitrogens with one attached hydrogen (secondary N) is 1. The lowest BCUT2D eigenvalue weighted by atomic mass is 10.1. The molecule has 0 aromatic heterocycles. The van der Waals surface area contributed by atoms with Crippen molar-refractivity contribution in [3.8, 4) is 5.75 Å². The first-order valence-electron chi connectivity index (χ1n) is 9.15. The van der Waals surface area contributed by atoms with E-state index in [1.54, 1.807) is 12.0 Å². The molecule has 5 heteroatoms. The van der Waals surface area contributed by atoms with E-state index in [0.29, 0.717) is 19.5 Å². The molecule has 0 aliphatic heterocycles. The van der Waals surface area contributed by atoms with Crippen LogP contribution < -0.4 is 10.1 Å². The smallest absolute Gasteiger partial charge is 0.226 e. The van der Waals surface area contributed by atoms with Gasteiger partial charge in [0.25, 0.3) is 0 Å². The highest BCUT2D eigenvalue weighted by atomic mass is 16.5. The first-order chi connectivity index (χ1) is 12.9. The number of aryl methyl sites for hydroxylation is 2. The van der Waals surface area contributed by atoms with Crippen molar-refractivity contribution >= 4 is 17.5 Å². The van der Waals surface area contributed by atoms with Crippen molar-refractivity contribution in [2.24, 2.45) is 0 Å². The Hall–Kier alpha value is -2.82. The van der Waals surface area contributed by atoms with E-state index in [0.717, 1.165) is 22.6 Å². The lowest BCUT2D eigenvalue weighted by Gasteiger charge is -2.21. The number of benzene rings is 2. The van der Waals surface area contributed by atoms with Gasteiger partial charge in [-0.25, -0.2) is 0 Å². The summed E-state index contributed by atoms with van der Waals surface area (Å²) in [6, 6.07) is 13.6. The molecule has 0 radical (unpaired) electrons. The third kappa shape index (κ3) is 6.13. The van der Waals surface area contributed by atoms with Crippen LogP contribution in [0.1, 0.15) is 30.0 Å². The fourth-order valence-electron chi connectivity index (χ4n) is 2.87. The number of carbonyl (C=O) groups is 2. The van der Waals surface area contributed by atoms with E-state index in [9.17, 15) is 9.59 Å². The molecule has 0 fully saturated rings. The zero-order chi connectivity index (χ0) is 19.8. The van der Waals surface area contributed by atoms with E-state index < -0.39 is 0 Å². The minimum absolute atomic E-state index is 0.0381. The van der Waals surface area contributed by atoms with E-state index in [2.05, 4.69) is 5.32 Å². The molecular formula is C22H28N2O3. The maximum absolute atomic E-state index is 12.2. The van der Waals surface area contributed by atoms with Gasteiger partial charge in [-0.15, -0.1) is 0 Å². The largest absolute Gasteiger partial charge is 0.496 e. The lowest BCUT2D eigenvalue weighted by Crippen LogP contribution is -2.33. The normalized spacial score (nSPS) is 10.4. The van der Waals surface area contributed by atoms with Crippen LogP contribution in [-0.2, 0) is 16.0 Å². The van der Waals surface area contributed by atoms with Crippen LogP contribution in [0.5, 0.6) is 5.75 Å². The van der Waals surface area contributed by atoms with Crippen molar-refractivity contribution in [2.75, 3.05) is 25.5 Å². The molecule has 0 atom stereocenters. The van der Waals surface area contributed by atoms with Crippen LogP contribution in [-0.4, -0.2) is 36.9 Å². The van der Waals surface area contributed by atoms with Gasteiger partial charge in [-0.05, 0) is 55.2 Å². The average Bonchev–Trinajstić information content (AvgIpc) is 2.64. The van der Waals surface area contributed by atoms with Crippen molar-refractivity contribution in [3.05, 3.63) is 59.2 Å². The van der Waals surface area contributed by atoms with Crippen LogP contribution in [0.4, 0.5) is 5.69 Å². The molecule has 0 saturated carbocycles. The van der Waals surface area contributed by atoms with Gasteiger partial charge in [0.1, 0.15) is 5.75 Å². The molecule has 1 N–H and O–H groups in total. The topological polar surface area (TPSA) is 58.6 Å². The number of amides is 2.